The fraction of sp³-hybridized carbons (Fsp3) is 0.0909. The highest BCUT2D eigenvalue weighted by Gasteiger charge is 2.20. The first-order chi connectivity index (χ1) is 32.1. The van der Waals surface area contributed by atoms with E-state index in [9.17, 15) is 28.8 Å². The molecule has 0 unspecified atom stereocenters. The Labute approximate surface area is 369 Å². The summed E-state index contributed by atoms with van der Waals surface area (Å²) in [6.45, 7) is 0.834. The SMILES string of the molecule is O=C(NCc1ccc2oc(=O)[nH]c2c1)c1cc(C(=O)NCc2ccccc2)n2nccc2n1.O=C(NCc1ccc2oc(=O)[nH]c2c1)c1cc(C(=O)NCc2ncccn2)n2nccc2n1. The maximum absolute atomic E-state index is 12.8. The zero-order chi connectivity index (χ0) is 45.6. The summed E-state index contributed by atoms with van der Waals surface area (Å²) < 4.78 is 12.7. The van der Waals surface area contributed by atoms with Crippen LogP contribution in [0.2, 0.25) is 0 Å². The monoisotopic (exact) mass is 886 g/mol. The van der Waals surface area contributed by atoms with Crippen molar-refractivity contribution in [2.24, 2.45) is 0 Å². The fourth-order valence-electron chi connectivity index (χ4n) is 6.69. The highest BCUT2D eigenvalue weighted by atomic mass is 16.4. The van der Waals surface area contributed by atoms with Gasteiger partial charge in [0.25, 0.3) is 23.6 Å². The summed E-state index contributed by atoms with van der Waals surface area (Å²) in [5.74, 6) is -2.39. The van der Waals surface area contributed by atoms with Crippen molar-refractivity contribution in [3.63, 3.8) is 0 Å². The molecule has 66 heavy (non-hydrogen) atoms. The van der Waals surface area contributed by atoms with E-state index in [0.29, 0.717) is 45.9 Å². The molecule has 7 heterocycles. The maximum Gasteiger partial charge on any atom is 0.417 e. The van der Waals surface area contributed by atoms with Crippen molar-refractivity contribution < 1.29 is 28.0 Å². The Morgan fingerprint density at radius 3 is 1.48 bits per heavy atom. The lowest BCUT2D eigenvalue weighted by molar-refractivity contribution is 0.0927. The van der Waals surface area contributed by atoms with Gasteiger partial charge in [0, 0.05) is 56.3 Å². The van der Waals surface area contributed by atoms with E-state index in [0.717, 1.165) is 16.7 Å². The van der Waals surface area contributed by atoms with E-state index < -0.39 is 29.2 Å². The van der Waals surface area contributed by atoms with E-state index in [-0.39, 0.29) is 48.3 Å². The van der Waals surface area contributed by atoms with E-state index >= 15 is 0 Å². The van der Waals surface area contributed by atoms with Crippen LogP contribution in [0.4, 0.5) is 0 Å². The fourth-order valence-corrected chi connectivity index (χ4v) is 6.69. The third kappa shape index (κ3) is 9.41. The number of nitrogens with one attached hydrogen (secondary N) is 6. The van der Waals surface area contributed by atoms with Crippen molar-refractivity contribution in [1.82, 2.24) is 70.4 Å². The molecule has 7 aromatic heterocycles. The number of carbonyl (C=O) groups is 4. The van der Waals surface area contributed by atoms with Gasteiger partial charge in [0.2, 0.25) is 0 Å². The maximum atomic E-state index is 12.8. The lowest BCUT2D eigenvalue weighted by atomic mass is 10.2. The molecule has 0 fully saturated rings. The standard InChI is InChI=1S/C23H18N6O4.C21H16N8O4/c30-21(24-13-15-6-7-19-16(10-15)28-23(32)33-19)17-11-18(29-20(27-17)8-9-26-29)22(31)25-12-14-4-2-1-3-5-14;30-19(24-10-12-2-3-16-13(8-12)28-21(32)33-16)14-9-15(29-18(27-14)4-7-26-29)20(31)25-11-17-22-5-1-6-23-17/h1-11H,12-13H2,(H,24,30)(H,25,31)(H,28,32);1-9H,10-11H2,(H,24,30)(H,25,31)(H,28,32). The van der Waals surface area contributed by atoms with E-state index in [1.807, 2.05) is 30.3 Å². The summed E-state index contributed by atoms with van der Waals surface area (Å²) in [5.41, 5.74) is 5.62. The Morgan fingerprint density at radius 2 is 0.970 bits per heavy atom. The summed E-state index contributed by atoms with van der Waals surface area (Å²) in [5, 5.41) is 19.4. The number of oxazole rings is 2. The van der Waals surface area contributed by atoms with Gasteiger partial charge in [-0.05, 0) is 47.0 Å². The number of rotatable bonds is 12. The zero-order valence-corrected chi connectivity index (χ0v) is 34.2. The average molecular weight is 887 g/mol. The van der Waals surface area contributed by atoms with E-state index in [2.05, 4.69) is 61.4 Å². The molecule has 328 valence electrons. The molecule has 0 aliphatic carbocycles. The van der Waals surface area contributed by atoms with Gasteiger partial charge in [0.05, 0.1) is 30.0 Å². The Morgan fingerprint density at radius 1 is 0.500 bits per heavy atom. The van der Waals surface area contributed by atoms with Crippen LogP contribution in [-0.2, 0) is 26.2 Å². The lowest BCUT2D eigenvalue weighted by Gasteiger charge is -2.10. The second kappa shape index (κ2) is 18.4. The highest BCUT2D eigenvalue weighted by molar-refractivity contribution is 5.99. The zero-order valence-electron chi connectivity index (χ0n) is 34.2. The quantitative estimate of drug-likeness (QED) is 0.103. The van der Waals surface area contributed by atoms with Crippen LogP contribution in [0.1, 0.15) is 64.5 Å². The molecule has 0 bridgehead atoms. The number of carbonyl (C=O) groups excluding carboxylic acids is 4. The Bertz CT molecular complexity index is 3300. The van der Waals surface area contributed by atoms with E-state index in [4.69, 9.17) is 8.83 Å². The molecule has 4 amide bonds. The van der Waals surface area contributed by atoms with Crippen molar-refractivity contribution in [2.45, 2.75) is 26.2 Å². The molecule has 0 aliphatic heterocycles. The van der Waals surface area contributed by atoms with Crippen LogP contribution >= 0.6 is 0 Å². The molecule has 3 aromatic carbocycles. The number of H-pyrrole nitrogens is 2. The van der Waals surface area contributed by atoms with Gasteiger partial charge in [0.15, 0.2) is 22.5 Å². The molecular weight excluding hydrogens is 853 g/mol. The third-order valence-electron chi connectivity index (χ3n) is 9.84. The molecule has 0 aliphatic rings. The molecule has 0 atom stereocenters. The van der Waals surface area contributed by atoms with Gasteiger partial charge in [-0.3, -0.25) is 29.1 Å². The minimum atomic E-state index is -0.547. The predicted molar refractivity (Wildman–Crippen MR) is 233 cm³/mol. The summed E-state index contributed by atoms with van der Waals surface area (Å²) in [6.07, 6.45) is 6.16. The second-order valence-electron chi connectivity index (χ2n) is 14.3. The van der Waals surface area contributed by atoms with Crippen molar-refractivity contribution in [2.75, 3.05) is 0 Å². The van der Waals surface area contributed by atoms with Crippen LogP contribution < -0.4 is 32.8 Å². The first-order valence-corrected chi connectivity index (χ1v) is 20.0. The number of aromatic nitrogens is 10. The van der Waals surface area contributed by atoms with E-state index in [1.165, 1.54) is 33.6 Å². The van der Waals surface area contributed by atoms with Gasteiger partial charge in [-0.25, -0.2) is 38.6 Å². The molecule has 0 saturated carbocycles. The summed E-state index contributed by atoms with van der Waals surface area (Å²) in [4.78, 5) is 95.7. The van der Waals surface area contributed by atoms with Gasteiger partial charge in [-0.1, -0.05) is 42.5 Å². The number of fused-ring (bicyclic) bond motifs is 4. The Kier molecular flexibility index (Phi) is 11.6. The van der Waals surface area contributed by atoms with Crippen LogP contribution in [0.3, 0.4) is 0 Å². The Balaban J connectivity index is 0.000000166. The number of nitrogens with zero attached hydrogens (tertiary/aromatic N) is 8. The molecule has 10 aromatic rings. The van der Waals surface area contributed by atoms with Gasteiger partial charge >= 0.3 is 11.5 Å². The topological polar surface area (TPSA) is 295 Å². The van der Waals surface area contributed by atoms with Gasteiger partial charge in [-0.15, -0.1) is 0 Å². The average Bonchev–Trinajstić information content (AvgIpc) is 4.17. The molecule has 0 radical (unpaired) electrons. The molecule has 22 nitrogen and oxygen atoms in total. The molecule has 22 heteroatoms. The van der Waals surface area contributed by atoms with Crippen LogP contribution in [0.15, 0.2) is 140 Å². The second-order valence-corrected chi connectivity index (χ2v) is 14.3. The molecule has 0 spiro atoms. The van der Waals surface area contributed by atoms with Gasteiger partial charge in [-0.2, -0.15) is 10.2 Å². The number of hydrogen-bond donors (Lipinski definition) is 6. The number of hydrogen-bond acceptors (Lipinski definition) is 14. The first kappa shape index (κ1) is 41.7. The van der Waals surface area contributed by atoms with Crippen molar-refractivity contribution in [1.29, 1.82) is 0 Å². The van der Waals surface area contributed by atoms with Crippen LogP contribution in [0, 0.1) is 0 Å². The van der Waals surface area contributed by atoms with E-state index in [1.54, 1.807) is 67.0 Å². The molecular formula is C44H34N14O8. The summed E-state index contributed by atoms with van der Waals surface area (Å²) in [7, 11) is 0. The largest absolute Gasteiger partial charge is 0.417 e. The first-order valence-electron chi connectivity index (χ1n) is 20.0. The lowest BCUT2D eigenvalue weighted by Crippen LogP contribution is -2.29. The van der Waals surface area contributed by atoms with Crippen molar-refractivity contribution in [3.8, 4) is 0 Å². The summed E-state index contributed by atoms with van der Waals surface area (Å²) >= 11 is 0. The minimum Gasteiger partial charge on any atom is -0.408 e. The van der Waals surface area contributed by atoms with Crippen LogP contribution in [0.25, 0.3) is 33.5 Å². The van der Waals surface area contributed by atoms with Gasteiger partial charge < -0.3 is 30.1 Å². The molecule has 10 rings (SSSR count). The highest BCUT2D eigenvalue weighted by Crippen LogP contribution is 2.15. The predicted octanol–water partition coefficient (Wildman–Crippen LogP) is 2.84. The third-order valence-corrected chi connectivity index (χ3v) is 9.84. The van der Waals surface area contributed by atoms with Crippen molar-refractivity contribution >= 4 is 57.1 Å². The normalized spacial score (nSPS) is 11.0. The number of aromatic amines is 2. The smallest absolute Gasteiger partial charge is 0.408 e. The van der Waals surface area contributed by atoms with Crippen LogP contribution in [-0.4, -0.2) is 72.8 Å². The molecule has 0 saturated heterocycles. The van der Waals surface area contributed by atoms with Crippen molar-refractivity contribution in [3.05, 3.63) is 188 Å². The Hall–Kier alpha value is -9.60. The van der Waals surface area contributed by atoms with Gasteiger partial charge in [0.1, 0.15) is 28.6 Å². The molecule has 6 N–H and O–H groups in total. The summed E-state index contributed by atoms with van der Waals surface area (Å²) in [6, 6.07) is 27.4. The van der Waals surface area contributed by atoms with Crippen LogP contribution in [0.5, 0.6) is 0 Å². The number of amides is 4. The minimum absolute atomic E-state index is 0.0573. The number of benzene rings is 3.